The van der Waals surface area contributed by atoms with Crippen LogP contribution in [0.2, 0.25) is 0 Å². The topological polar surface area (TPSA) is 70.6 Å². The van der Waals surface area contributed by atoms with Gasteiger partial charge in [-0.15, -0.1) is 11.8 Å². The molecule has 0 spiro atoms. The second-order valence-corrected chi connectivity index (χ2v) is 5.67. The normalized spacial score (nSPS) is 10.5. The Morgan fingerprint density at radius 3 is 2.26 bits per heavy atom. The molecule has 23 heavy (non-hydrogen) atoms. The van der Waals surface area contributed by atoms with Crippen LogP contribution >= 0.6 is 11.8 Å². The van der Waals surface area contributed by atoms with Gasteiger partial charge < -0.3 is 5.32 Å². The number of carbonyl (C=O) groups excluding carboxylic acids is 2. The summed E-state index contributed by atoms with van der Waals surface area (Å²) in [6, 6.07) is 14.8. The number of thioether (sulfide) groups is 1. The Bertz CT molecular complexity index is 710. The second kappa shape index (κ2) is 8.14. The maximum absolute atomic E-state index is 11.7. The van der Waals surface area contributed by atoms with Gasteiger partial charge in [-0.3, -0.25) is 9.59 Å². The fourth-order valence-electron chi connectivity index (χ4n) is 1.73. The van der Waals surface area contributed by atoms with E-state index in [4.69, 9.17) is 0 Å². The van der Waals surface area contributed by atoms with Gasteiger partial charge in [0.25, 0.3) is 0 Å². The molecule has 0 aliphatic rings. The Balaban J connectivity index is 1.86. The summed E-state index contributed by atoms with van der Waals surface area (Å²) in [4.78, 5) is 24.5. The summed E-state index contributed by atoms with van der Waals surface area (Å²) in [6.45, 7) is 1.94. The highest BCUT2D eigenvalue weighted by Crippen LogP contribution is 2.13. The first-order chi connectivity index (χ1) is 11.1. The number of hydrogen-bond acceptors (Lipinski definition) is 4. The van der Waals surface area contributed by atoms with Crippen molar-refractivity contribution in [1.29, 1.82) is 0 Å². The largest absolute Gasteiger partial charge is 0.329 e. The maximum Gasteiger partial charge on any atom is 0.329 e. The van der Waals surface area contributed by atoms with E-state index in [9.17, 15) is 9.59 Å². The van der Waals surface area contributed by atoms with Crippen LogP contribution in [0.3, 0.4) is 0 Å². The number of hydrazone groups is 1. The van der Waals surface area contributed by atoms with Crippen molar-refractivity contribution in [2.24, 2.45) is 5.10 Å². The van der Waals surface area contributed by atoms with E-state index in [0.717, 1.165) is 16.0 Å². The number of nitrogens with zero attached hydrogens (tertiary/aromatic N) is 1. The van der Waals surface area contributed by atoms with Crippen molar-refractivity contribution in [3.8, 4) is 0 Å². The smallest absolute Gasteiger partial charge is 0.318 e. The van der Waals surface area contributed by atoms with Gasteiger partial charge in [0.1, 0.15) is 0 Å². The summed E-state index contributed by atoms with van der Waals surface area (Å²) in [5, 5.41) is 6.29. The average Bonchev–Trinajstić information content (AvgIpc) is 2.57. The SMILES string of the molecule is CSc1ccc(/C=N/NC(=O)C(=O)Nc2ccc(C)cc2)cc1. The van der Waals surface area contributed by atoms with Crippen LogP contribution in [0.1, 0.15) is 11.1 Å². The Hall–Kier alpha value is -2.60. The molecule has 0 aliphatic carbocycles. The molecular weight excluding hydrogens is 310 g/mol. The highest BCUT2D eigenvalue weighted by atomic mass is 32.2. The van der Waals surface area contributed by atoms with E-state index in [0.29, 0.717) is 5.69 Å². The molecule has 6 heteroatoms. The minimum absolute atomic E-state index is 0.562. The van der Waals surface area contributed by atoms with E-state index in [1.54, 1.807) is 23.9 Å². The summed E-state index contributed by atoms with van der Waals surface area (Å²) >= 11 is 1.64. The Labute approximate surface area is 139 Å². The average molecular weight is 327 g/mol. The number of amides is 2. The summed E-state index contributed by atoms with van der Waals surface area (Å²) in [6.07, 6.45) is 3.48. The molecule has 5 nitrogen and oxygen atoms in total. The zero-order valence-electron chi connectivity index (χ0n) is 12.9. The third-order valence-corrected chi connectivity index (χ3v) is 3.75. The molecule has 2 amide bonds. The minimum atomic E-state index is -0.817. The lowest BCUT2D eigenvalue weighted by molar-refractivity contribution is -0.136. The van der Waals surface area contributed by atoms with Gasteiger partial charge in [-0.1, -0.05) is 29.8 Å². The lowest BCUT2D eigenvalue weighted by atomic mass is 10.2. The lowest BCUT2D eigenvalue weighted by Gasteiger charge is -2.04. The Morgan fingerprint density at radius 2 is 1.65 bits per heavy atom. The second-order valence-electron chi connectivity index (χ2n) is 4.79. The van der Waals surface area contributed by atoms with Gasteiger partial charge in [0, 0.05) is 10.6 Å². The molecule has 0 atom stereocenters. The molecule has 2 aromatic rings. The number of carbonyl (C=O) groups is 2. The summed E-state index contributed by atoms with van der Waals surface area (Å²) < 4.78 is 0. The van der Waals surface area contributed by atoms with Gasteiger partial charge in [-0.25, -0.2) is 5.43 Å². The predicted molar refractivity (Wildman–Crippen MR) is 93.8 cm³/mol. The van der Waals surface area contributed by atoms with E-state index >= 15 is 0 Å². The maximum atomic E-state index is 11.7. The van der Waals surface area contributed by atoms with Crippen LogP contribution < -0.4 is 10.7 Å². The van der Waals surface area contributed by atoms with E-state index in [2.05, 4.69) is 15.8 Å². The summed E-state index contributed by atoms with van der Waals surface area (Å²) in [5.74, 6) is -1.58. The number of anilines is 1. The fourth-order valence-corrected chi connectivity index (χ4v) is 2.14. The van der Waals surface area contributed by atoms with Gasteiger partial charge in [-0.05, 0) is 43.0 Å². The van der Waals surface area contributed by atoms with Crippen LogP contribution in [-0.2, 0) is 9.59 Å². The van der Waals surface area contributed by atoms with Gasteiger partial charge in [0.05, 0.1) is 6.21 Å². The van der Waals surface area contributed by atoms with Crippen molar-refractivity contribution < 1.29 is 9.59 Å². The van der Waals surface area contributed by atoms with Crippen LogP contribution in [-0.4, -0.2) is 24.3 Å². The molecule has 0 saturated carbocycles. The van der Waals surface area contributed by atoms with Crippen LogP contribution in [0.4, 0.5) is 5.69 Å². The van der Waals surface area contributed by atoms with Crippen molar-refractivity contribution in [1.82, 2.24) is 5.43 Å². The monoisotopic (exact) mass is 327 g/mol. The third-order valence-electron chi connectivity index (χ3n) is 3.01. The van der Waals surface area contributed by atoms with Gasteiger partial charge >= 0.3 is 11.8 Å². The molecule has 0 aromatic heterocycles. The predicted octanol–water partition coefficient (Wildman–Crippen LogP) is 2.81. The molecular formula is C17H17N3O2S. The molecule has 2 N–H and O–H groups in total. The fraction of sp³-hybridized carbons (Fsp3) is 0.118. The first-order valence-electron chi connectivity index (χ1n) is 6.93. The van der Waals surface area contributed by atoms with E-state index < -0.39 is 11.8 Å². The van der Waals surface area contributed by atoms with Crippen molar-refractivity contribution >= 4 is 35.5 Å². The van der Waals surface area contributed by atoms with Crippen molar-refractivity contribution in [3.63, 3.8) is 0 Å². The molecule has 118 valence electrons. The first kappa shape index (κ1) is 16.8. The van der Waals surface area contributed by atoms with Crippen molar-refractivity contribution in [3.05, 3.63) is 59.7 Å². The van der Waals surface area contributed by atoms with Gasteiger partial charge in [0.2, 0.25) is 0 Å². The number of hydrogen-bond donors (Lipinski definition) is 2. The van der Waals surface area contributed by atoms with E-state index in [-0.39, 0.29) is 0 Å². The lowest BCUT2D eigenvalue weighted by Crippen LogP contribution is -2.32. The van der Waals surface area contributed by atoms with Gasteiger partial charge in [-0.2, -0.15) is 5.10 Å². The highest BCUT2D eigenvalue weighted by Gasteiger charge is 2.12. The molecule has 0 saturated heterocycles. The minimum Gasteiger partial charge on any atom is -0.318 e. The molecule has 2 rings (SSSR count). The van der Waals surface area contributed by atoms with Crippen molar-refractivity contribution in [2.75, 3.05) is 11.6 Å². The molecule has 0 fully saturated rings. The number of aryl methyl sites for hydroxylation is 1. The van der Waals surface area contributed by atoms with Crippen LogP contribution in [0, 0.1) is 6.92 Å². The molecule has 0 unspecified atom stereocenters. The van der Waals surface area contributed by atoms with Gasteiger partial charge in [0.15, 0.2) is 0 Å². The quantitative estimate of drug-likeness (QED) is 0.393. The standard InChI is InChI=1S/C17H17N3O2S/c1-12-3-7-14(8-4-12)19-16(21)17(22)20-18-11-13-5-9-15(23-2)10-6-13/h3-11H,1-2H3,(H,19,21)(H,20,22)/b18-11+. The first-order valence-corrected chi connectivity index (χ1v) is 8.16. The summed E-state index contributed by atoms with van der Waals surface area (Å²) in [5.41, 5.74) is 4.68. The Morgan fingerprint density at radius 1 is 1.00 bits per heavy atom. The Kier molecular flexibility index (Phi) is 5.94. The van der Waals surface area contributed by atoms with Crippen LogP contribution in [0.25, 0.3) is 0 Å². The summed E-state index contributed by atoms with van der Waals surface area (Å²) in [7, 11) is 0. The van der Waals surface area contributed by atoms with Crippen LogP contribution in [0.5, 0.6) is 0 Å². The molecule has 0 heterocycles. The molecule has 2 aromatic carbocycles. The molecule has 0 radical (unpaired) electrons. The van der Waals surface area contributed by atoms with Crippen LogP contribution in [0.15, 0.2) is 58.5 Å². The number of nitrogens with one attached hydrogen (secondary N) is 2. The number of rotatable bonds is 4. The highest BCUT2D eigenvalue weighted by molar-refractivity contribution is 7.98. The molecule has 0 bridgehead atoms. The van der Waals surface area contributed by atoms with Crippen molar-refractivity contribution in [2.45, 2.75) is 11.8 Å². The van der Waals surface area contributed by atoms with E-state index in [1.165, 1.54) is 6.21 Å². The number of benzene rings is 2. The van der Waals surface area contributed by atoms with E-state index in [1.807, 2.05) is 49.6 Å². The third kappa shape index (κ3) is 5.27. The zero-order valence-corrected chi connectivity index (χ0v) is 13.7. The molecule has 0 aliphatic heterocycles. The zero-order chi connectivity index (χ0) is 16.7.